The molecular formula is C14H27NO. The lowest BCUT2D eigenvalue weighted by Crippen LogP contribution is -2.44. The van der Waals surface area contributed by atoms with Crippen LogP contribution >= 0.6 is 0 Å². The molecule has 2 rings (SSSR count). The molecule has 94 valence electrons. The van der Waals surface area contributed by atoms with E-state index in [4.69, 9.17) is 4.74 Å². The van der Waals surface area contributed by atoms with E-state index in [9.17, 15) is 0 Å². The first kappa shape index (κ1) is 12.4. The van der Waals surface area contributed by atoms with Crippen LogP contribution in [-0.2, 0) is 4.74 Å². The van der Waals surface area contributed by atoms with Crippen LogP contribution < -0.4 is 5.32 Å². The topological polar surface area (TPSA) is 21.3 Å². The van der Waals surface area contributed by atoms with Gasteiger partial charge in [-0.15, -0.1) is 0 Å². The molecule has 2 fully saturated rings. The van der Waals surface area contributed by atoms with Gasteiger partial charge in [0.15, 0.2) is 0 Å². The van der Waals surface area contributed by atoms with Crippen molar-refractivity contribution in [3.05, 3.63) is 0 Å². The highest BCUT2D eigenvalue weighted by molar-refractivity contribution is 4.95. The smallest absolute Gasteiger partial charge is 0.0733 e. The lowest BCUT2D eigenvalue weighted by molar-refractivity contribution is 0.0953. The molecule has 0 saturated carbocycles. The van der Waals surface area contributed by atoms with Crippen LogP contribution in [0.1, 0.15) is 59.3 Å². The Labute approximate surface area is 100 Å². The highest BCUT2D eigenvalue weighted by Crippen LogP contribution is 2.34. The molecule has 0 aromatic rings. The summed E-state index contributed by atoms with van der Waals surface area (Å²) in [7, 11) is 0. The minimum Gasteiger partial charge on any atom is -0.373 e. The molecule has 0 aromatic carbocycles. The third kappa shape index (κ3) is 2.78. The fraction of sp³-hybridized carbons (Fsp3) is 1.00. The van der Waals surface area contributed by atoms with E-state index in [2.05, 4.69) is 26.1 Å². The monoisotopic (exact) mass is 225 g/mol. The van der Waals surface area contributed by atoms with Crippen LogP contribution in [0, 0.1) is 5.92 Å². The van der Waals surface area contributed by atoms with E-state index < -0.39 is 0 Å². The molecule has 5 unspecified atom stereocenters. The predicted molar refractivity (Wildman–Crippen MR) is 67.6 cm³/mol. The van der Waals surface area contributed by atoms with Gasteiger partial charge in [-0.2, -0.15) is 0 Å². The molecule has 2 heterocycles. The second kappa shape index (κ2) is 5.50. The molecule has 16 heavy (non-hydrogen) atoms. The van der Waals surface area contributed by atoms with Crippen LogP contribution in [0.5, 0.6) is 0 Å². The van der Waals surface area contributed by atoms with Gasteiger partial charge in [0.2, 0.25) is 0 Å². The summed E-state index contributed by atoms with van der Waals surface area (Å²) in [6.07, 6.45) is 8.79. The Morgan fingerprint density at radius 1 is 1.25 bits per heavy atom. The first-order valence-electron chi connectivity index (χ1n) is 7.14. The molecule has 0 amide bonds. The molecule has 0 spiro atoms. The summed E-state index contributed by atoms with van der Waals surface area (Å²) in [6, 6.07) is 1.34. The largest absolute Gasteiger partial charge is 0.373 e. The van der Waals surface area contributed by atoms with Crippen LogP contribution in [0.4, 0.5) is 0 Å². The summed E-state index contributed by atoms with van der Waals surface area (Å²) in [5.74, 6) is 0.844. The van der Waals surface area contributed by atoms with E-state index in [1.807, 2.05) is 0 Å². The fourth-order valence-corrected chi connectivity index (χ4v) is 3.12. The van der Waals surface area contributed by atoms with Gasteiger partial charge in [-0.25, -0.2) is 0 Å². The van der Waals surface area contributed by atoms with E-state index in [0.29, 0.717) is 24.3 Å². The summed E-state index contributed by atoms with van der Waals surface area (Å²) in [5, 5.41) is 3.84. The summed E-state index contributed by atoms with van der Waals surface area (Å²) < 4.78 is 5.90. The van der Waals surface area contributed by atoms with Crippen molar-refractivity contribution in [3.63, 3.8) is 0 Å². The van der Waals surface area contributed by atoms with E-state index in [0.717, 1.165) is 5.92 Å². The van der Waals surface area contributed by atoms with E-state index in [-0.39, 0.29) is 0 Å². The Bertz CT molecular complexity index is 219. The minimum absolute atomic E-state index is 0.524. The zero-order valence-corrected chi connectivity index (χ0v) is 11.0. The Hall–Kier alpha value is -0.0800. The zero-order valence-electron chi connectivity index (χ0n) is 11.0. The Kier molecular flexibility index (Phi) is 4.26. The van der Waals surface area contributed by atoms with Crippen LogP contribution in [-0.4, -0.2) is 24.3 Å². The lowest BCUT2D eigenvalue weighted by atomic mass is 9.92. The SMILES string of the molecule is CCC(C)CC(CC)NC1CC2CCC1O2. The van der Waals surface area contributed by atoms with Gasteiger partial charge in [0.05, 0.1) is 12.2 Å². The maximum atomic E-state index is 5.90. The number of rotatable bonds is 6. The van der Waals surface area contributed by atoms with Gasteiger partial charge in [0.1, 0.15) is 0 Å². The van der Waals surface area contributed by atoms with Gasteiger partial charge < -0.3 is 10.1 Å². The third-order valence-electron chi connectivity index (χ3n) is 4.43. The summed E-state index contributed by atoms with van der Waals surface area (Å²) in [6.45, 7) is 6.95. The van der Waals surface area contributed by atoms with Gasteiger partial charge in [-0.05, 0) is 38.0 Å². The van der Waals surface area contributed by atoms with Crippen molar-refractivity contribution in [1.29, 1.82) is 0 Å². The number of fused-ring (bicyclic) bond motifs is 2. The van der Waals surface area contributed by atoms with Crippen molar-refractivity contribution in [2.75, 3.05) is 0 Å². The van der Waals surface area contributed by atoms with E-state index in [1.165, 1.54) is 38.5 Å². The van der Waals surface area contributed by atoms with Crippen molar-refractivity contribution in [1.82, 2.24) is 5.32 Å². The first-order chi connectivity index (χ1) is 7.72. The van der Waals surface area contributed by atoms with Gasteiger partial charge in [0, 0.05) is 12.1 Å². The second-order valence-electron chi connectivity index (χ2n) is 5.74. The van der Waals surface area contributed by atoms with Crippen molar-refractivity contribution in [2.45, 2.75) is 83.6 Å². The standard InChI is InChI=1S/C14H27NO/c1-4-10(3)8-11(5-2)15-13-9-12-6-7-14(13)16-12/h10-15H,4-9H2,1-3H3. The lowest BCUT2D eigenvalue weighted by Gasteiger charge is -2.27. The fourth-order valence-electron chi connectivity index (χ4n) is 3.12. The van der Waals surface area contributed by atoms with Gasteiger partial charge >= 0.3 is 0 Å². The molecule has 2 aliphatic heterocycles. The van der Waals surface area contributed by atoms with Gasteiger partial charge in [-0.1, -0.05) is 27.2 Å². The summed E-state index contributed by atoms with van der Waals surface area (Å²) >= 11 is 0. The predicted octanol–water partition coefficient (Wildman–Crippen LogP) is 3.11. The maximum Gasteiger partial charge on any atom is 0.0733 e. The molecule has 5 atom stereocenters. The van der Waals surface area contributed by atoms with Crippen molar-refractivity contribution in [3.8, 4) is 0 Å². The average Bonchev–Trinajstić information content (AvgIpc) is 2.89. The molecule has 2 nitrogen and oxygen atoms in total. The summed E-state index contributed by atoms with van der Waals surface area (Å²) in [5.41, 5.74) is 0. The Morgan fingerprint density at radius 2 is 2.06 bits per heavy atom. The molecule has 2 heteroatoms. The molecule has 2 aliphatic rings. The molecule has 0 aromatic heterocycles. The number of nitrogens with one attached hydrogen (secondary N) is 1. The Morgan fingerprint density at radius 3 is 2.56 bits per heavy atom. The molecule has 2 bridgehead atoms. The van der Waals surface area contributed by atoms with Crippen LogP contribution in [0.3, 0.4) is 0 Å². The van der Waals surface area contributed by atoms with E-state index in [1.54, 1.807) is 0 Å². The first-order valence-corrected chi connectivity index (χ1v) is 7.14. The van der Waals surface area contributed by atoms with Gasteiger partial charge in [-0.3, -0.25) is 0 Å². The molecule has 1 N–H and O–H groups in total. The summed E-state index contributed by atoms with van der Waals surface area (Å²) in [4.78, 5) is 0. The van der Waals surface area contributed by atoms with Crippen molar-refractivity contribution < 1.29 is 4.74 Å². The van der Waals surface area contributed by atoms with Crippen LogP contribution in [0.15, 0.2) is 0 Å². The molecular weight excluding hydrogens is 198 g/mol. The normalized spacial score (nSPS) is 36.6. The highest BCUT2D eigenvalue weighted by atomic mass is 16.5. The third-order valence-corrected chi connectivity index (χ3v) is 4.43. The van der Waals surface area contributed by atoms with Crippen LogP contribution in [0.25, 0.3) is 0 Å². The zero-order chi connectivity index (χ0) is 11.5. The molecule has 2 saturated heterocycles. The number of hydrogen-bond acceptors (Lipinski definition) is 2. The second-order valence-corrected chi connectivity index (χ2v) is 5.74. The number of ether oxygens (including phenoxy) is 1. The quantitative estimate of drug-likeness (QED) is 0.750. The van der Waals surface area contributed by atoms with Crippen molar-refractivity contribution >= 4 is 0 Å². The van der Waals surface area contributed by atoms with E-state index >= 15 is 0 Å². The van der Waals surface area contributed by atoms with Crippen LogP contribution in [0.2, 0.25) is 0 Å². The minimum atomic E-state index is 0.524. The maximum absolute atomic E-state index is 5.90. The molecule has 0 aliphatic carbocycles. The number of hydrogen-bond donors (Lipinski definition) is 1. The Balaban J connectivity index is 1.78. The molecule has 0 radical (unpaired) electrons. The van der Waals surface area contributed by atoms with Crippen molar-refractivity contribution in [2.24, 2.45) is 5.92 Å². The van der Waals surface area contributed by atoms with Gasteiger partial charge in [0.25, 0.3) is 0 Å². The highest BCUT2D eigenvalue weighted by Gasteiger charge is 2.41. The average molecular weight is 225 g/mol.